The molecule has 0 atom stereocenters. The smallest absolute Gasteiger partial charge is 0.224 e. The van der Waals surface area contributed by atoms with E-state index in [1.165, 1.54) is 4.88 Å². The molecule has 1 amide bonds. The number of aromatic amines is 1. The number of nitrogens with one attached hydrogen (secondary N) is 2. The van der Waals surface area contributed by atoms with Crippen molar-refractivity contribution in [2.75, 3.05) is 5.32 Å². The van der Waals surface area contributed by atoms with Crippen molar-refractivity contribution in [1.29, 1.82) is 0 Å². The van der Waals surface area contributed by atoms with Crippen molar-refractivity contribution < 1.29 is 4.79 Å². The third-order valence-corrected chi connectivity index (χ3v) is 3.74. The fourth-order valence-electron chi connectivity index (χ4n) is 1.87. The Hall–Kier alpha value is -2.21. The van der Waals surface area contributed by atoms with Crippen LogP contribution in [0.4, 0.5) is 5.69 Å². The summed E-state index contributed by atoms with van der Waals surface area (Å²) in [4.78, 5) is 13.1. The molecule has 0 radical (unpaired) electrons. The summed E-state index contributed by atoms with van der Waals surface area (Å²) in [6.07, 6.45) is 1.23. The molecule has 0 aliphatic rings. The van der Waals surface area contributed by atoms with Gasteiger partial charge in [0.05, 0.1) is 5.69 Å². The number of para-hydroxylation sites is 1. The molecule has 1 aromatic carbocycles. The van der Waals surface area contributed by atoms with Crippen molar-refractivity contribution in [3.8, 4) is 0 Å². The predicted molar refractivity (Wildman–Crippen MR) is 75.2 cm³/mol. The number of H-pyrrole nitrogens is 1. The first kappa shape index (κ1) is 11.9. The van der Waals surface area contributed by atoms with Gasteiger partial charge in [-0.05, 0) is 30.0 Å². The number of carbonyl (C=O) groups is 1. The van der Waals surface area contributed by atoms with Gasteiger partial charge >= 0.3 is 0 Å². The second-order valence-electron chi connectivity index (χ2n) is 4.12. The van der Waals surface area contributed by atoms with E-state index in [0.29, 0.717) is 17.6 Å². The minimum Gasteiger partial charge on any atom is -0.324 e. The third kappa shape index (κ3) is 2.63. The number of thiophene rings is 1. The first-order valence-corrected chi connectivity index (χ1v) is 6.82. The number of hydrogen-bond acceptors (Lipinski definition) is 4. The molecule has 0 saturated carbocycles. The highest BCUT2D eigenvalue weighted by Gasteiger charge is 2.08. The summed E-state index contributed by atoms with van der Waals surface area (Å²) < 4.78 is 0. The Kier molecular flexibility index (Phi) is 3.24. The molecular weight excluding hydrogens is 260 g/mol. The van der Waals surface area contributed by atoms with Crippen LogP contribution in [0.1, 0.15) is 11.3 Å². The van der Waals surface area contributed by atoms with Crippen LogP contribution in [0.5, 0.6) is 0 Å². The van der Waals surface area contributed by atoms with Crippen LogP contribution in [0, 0.1) is 0 Å². The van der Waals surface area contributed by atoms with E-state index in [9.17, 15) is 4.79 Å². The third-order valence-electron chi connectivity index (χ3n) is 2.80. The van der Waals surface area contributed by atoms with E-state index in [0.717, 1.165) is 11.9 Å². The maximum Gasteiger partial charge on any atom is 0.224 e. The van der Waals surface area contributed by atoms with Gasteiger partial charge in [-0.1, -0.05) is 12.1 Å². The molecule has 96 valence electrons. The Morgan fingerprint density at radius 1 is 1.26 bits per heavy atom. The lowest BCUT2D eigenvalue weighted by molar-refractivity contribution is -0.116. The van der Waals surface area contributed by atoms with E-state index in [1.807, 2.05) is 35.7 Å². The van der Waals surface area contributed by atoms with E-state index in [4.69, 9.17) is 0 Å². The quantitative estimate of drug-likeness (QED) is 0.767. The zero-order chi connectivity index (χ0) is 13.1. The molecule has 3 rings (SSSR count). The van der Waals surface area contributed by atoms with Crippen LogP contribution >= 0.6 is 11.3 Å². The van der Waals surface area contributed by atoms with Gasteiger partial charge in [-0.15, -0.1) is 11.3 Å². The number of benzene rings is 1. The fourth-order valence-corrected chi connectivity index (χ4v) is 2.58. The summed E-state index contributed by atoms with van der Waals surface area (Å²) in [5, 5.41) is 15.5. The van der Waals surface area contributed by atoms with Crippen LogP contribution in [-0.2, 0) is 11.2 Å². The van der Waals surface area contributed by atoms with Crippen LogP contribution in [0.2, 0.25) is 0 Å². The molecule has 0 bridgehead atoms. The van der Waals surface area contributed by atoms with Crippen LogP contribution in [0.3, 0.4) is 0 Å². The van der Waals surface area contributed by atoms with Gasteiger partial charge in [-0.2, -0.15) is 15.4 Å². The Labute approximate surface area is 113 Å². The minimum absolute atomic E-state index is 0.0103. The molecular formula is C13H12N4OS. The highest BCUT2D eigenvalue weighted by Crippen LogP contribution is 2.19. The maximum absolute atomic E-state index is 11.9. The van der Waals surface area contributed by atoms with Gasteiger partial charge in [0.25, 0.3) is 0 Å². The number of fused-ring (bicyclic) bond motifs is 1. The molecule has 2 heterocycles. The van der Waals surface area contributed by atoms with Crippen LogP contribution in [0.15, 0.2) is 35.7 Å². The molecule has 2 N–H and O–H groups in total. The lowest BCUT2D eigenvalue weighted by Crippen LogP contribution is -2.12. The number of carbonyl (C=O) groups excluding carboxylic acids is 1. The molecule has 3 aromatic rings. The van der Waals surface area contributed by atoms with Gasteiger partial charge in [0.2, 0.25) is 5.91 Å². The lowest BCUT2D eigenvalue weighted by Gasteiger charge is -2.04. The Balaban J connectivity index is 1.67. The molecule has 2 aromatic heterocycles. The van der Waals surface area contributed by atoms with Crippen molar-refractivity contribution in [3.05, 3.63) is 40.6 Å². The molecule has 0 spiro atoms. The van der Waals surface area contributed by atoms with Gasteiger partial charge in [0.1, 0.15) is 11.0 Å². The summed E-state index contributed by atoms with van der Waals surface area (Å²) in [6, 6.07) is 9.55. The summed E-state index contributed by atoms with van der Waals surface area (Å²) >= 11 is 1.67. The number of aryl methyl sites for hydroxylation is 1. The van der Waals surface area contributed by atoms with Crippen molar-refractivity contribution in [3.63, 3.8) is 0 Å². The highest BCUT2D eigenvalue weighted by molar-refractivity contribution is 7.09. The van der Waals surface area contributed by atoms with Crippen molar-refractivity contribution >= 4 is 34.0 Å². The van der Waals surface area contributed by atoms with Gasteiger partial charge in [-0.25, -0.2) is 0 Å². The summed E-state index contributed by atoms with van der Waals surface area (Å²) in [5.41, 5.74) is 2.13. The summed E-state index contributed by atoms with van der Waals surface area (Å²) in [5.74, 6) is -0.0103. The minimum atomic E-state index is -0.0103. The zero-order valence-corrected chi connectivity index (χ0v) is 10.9. The monoisotopic (exact) mass is 272 g/mol. The molecule has 0 fully saturated rings. The summed E-state index contributed by atoms with van der Waals surface area (Å²) in [6.45, 7) is 0. The van der Waals surface area contributed by atoms with Crippen molar-refractivity contribution in [2.45, 2.75) is 12.8 Å². The zero-order valence-electron chi connectivity index (χ0n) is 10.1. The van der Waals surface area contributed by atoms with E-state index >= 15 is 0 Å². The predicted octanol–water partition coefficient (Wildman–Crippen LogP) is 2.59. The SMILES string of the molecule is O=C(CCc1cccs1)Nc1cccc2n[nH]nc12. The van der Waals surface area contributed by atoms with E-state index in [-0.39, 0.29) is 5.91 Å². The number of aromatic nitrogens is 3. The number of anilines is 1. The van der Waals surface area contributed by atoms with Crippen LogP contribution < -0.4 is 5.32 Å². The lowest BCUT2D eigenvalue weighted by atomic mass is 10.2. The first-order chi connectivity index (χ1) is 9.33. The topological polar surface area (TPSA) is 70.7 Å². The van der Waals surface area contributed by atoms with Crippen molar-refractivity contribution in [1.82, 2.24) is 15.4 Å². The second kappa shape index (κ2) is 5.19. The molecule has 0 unspecified atom stereocenters. The molecule has 0 saturated heterocycles. The molecule has 19 heavy (non-hydrogen) atoms. The normalized spacial score (nSPS) is 10.7. The molecule has 0 aliphatic heterocycles. The average molecular weight is 272 g/mol. The van der Waals surface area contributed by atoms with Crippen molar-refractivity contribution in [2.24, 2.45) is 0 Å². The number of nitrogens with zero attached hydrogens (tertiary/aromatic N) is 2. The van der Waals surface area contributed by atoms with Gasteiger partial charge < -0.3 is 5.32 Å². The highest BCUT2D eigenvalue weighted by atomic mass is 32.1. The number of rotatable bonds is 4. The molecule has 6 heteroatoms. The number of hydrogen-bond donors (Lipinski definition) is 2. The first-order valence-electron chi connectivity index (χ1n) is 5.94. The summed E-state index contributed by atoms with van der Waals surface area (Å²) in [7, 11) is 0. The second-order valence-corrected chi connectivity index (χ2v) is 5.16. The average Bonchev–Trinajstić information content (AvgIpc) is 3.08. The van der Waals surface area contributed by atoms with E-state index in [2.05, 4.69) is 20.7 Å². The van der Waals surface area contributed by atoms with Crippen LogP contribution in [0.25, 0.3) is 11.0 Å². The van der Waals surface area contributed by atoms with Gasteiger partial charge in [0, 0.05) is 11.3 Å². The number of amides is 1. The Morgan fingerprint density at radius 3 is 3.05 bits per heavy atom. The maximum atomic E-state index is 11.9. The molecule has 0 aliphatic carbocycles. The fraction of sp³-hybridized carbons (Fsp3) is 0.154. The van der Waals surface area contributed by atoms with E-state index in [1.54, 1.807) is 11.3 Å². The largest absolute Gasteiger partial charge is 0.324 e. The van der Waals surface area contributed by atoms with Crippen LogP contribution in [-0.4, -0.2) is 21.3 Å². The standard InChI is InChI=1S/C13H12N4OS/c18-12(7-6-9-3-2-8-19-9)14-10-4-1-5-11-13(10)16-17-15-11/h1-5,8H,6-7H2,(H,14,18)(H,15,16,17). The van der Waals surface area contributed by atoms with E-state index < -0.39 is 0 Å². The molecule has 5 nitrogen and oxygen atoms in total. The van der Waals surface area contributed by atoms with Gasteiger partial charge in [-0.3, -0.25) is 4.79 Å². The Bertz CT molecular complexity index is 690. The Morgan fingerprint density at radius 2 is 2.21 bits per heavy atom. The van der Waals surface area contributed by atoms with Gasteiger partial charge in [0.15, 0.2) is 0 Å².